The Kier molecular flexibility index (Phi) is 3.11. The molecule has 0 unspecified atom stereocenters. The molecule has 94 valence electrons. The van der Waals surface area contributed by atoms with E-state index in [0.717, 1.165) is 30.4 Å². The van der Waals surface area contributed by atoms with Crippen LogP contribution in [0.2, 0.25) is 0 Å². The Labute approximate surface area is 106 Å². The minimum atomic E-state index is -0.208. The van der Waals surface area contributed by atoms with E-state index in [9.17, 15) is 4.39 Å². The monoisotopic (exact) mass is 245 g/mol. The van der Waals surface area contributed by atoms with Crippen LogP contribution in [0, 0.1) is 5.82 Å². The molecule has 1 fully saturated rings. The van der Waals surface area contributed by atoms with Crippen LogP contribution in [0.3, 0.4) is 0 Å². The van der Waals surface area contributed by atoms with Crippen molar-refractivity contribution < 1.29 is 4.39 Å². The van der Waals surface area contributed by atoms with Gasteiger partial charge in [-0.1, -0.05) is 0 Å². The maximum atomic E-state index is 12.9. The van der Waals surface area contributed by atoms with Gasteiger partial charge in [-0.05, 0) is 42.7 Å². The Bertz CT molecular complexity index is 514. The van der Waals surface area contributed by atoms with Crippen molar-refractivity contribution in [3.05, 3.63) is 42.6 Å². The third kappa shape index (κ3) is 2.59. The second-order valence-electron chi connectivity index (χ2n) is 4.71. The number of nitrogens with zero attached hydrogens (tertiary/aromatic N) is 2. The van der Waals surface area contributed by atoms with Gasteiger partial charge in [0.05, 0.1) is 18.2 Å². The third-order valence-corrected chi connectivity index (χ3v) is 3.22. The van der Waals surface area contributed by atoms with E-state index >= 15 is 0 Å². The Morgan fingerprint density at radius 2 is 2.06 bits per heavy atom. The fourth-order valence-corrected chi connectivity index (χ4v) is 2.04. The number of benzene rings is 1. The van der Waals surface area contributed by atoms with E-state index in [-0.39, 0.29) is 5.82 Å². The summed E-state index contributed by atoms with van der Waals surface area (Å²) >= 11 is 0. The molecule has 0 bridgehead atoms. The van der Waals surface area contributed by atoms with Gasteiger partial charge in [0, 0.05) is 19.1 Å². The van der Waals surface area contributed by atoms with Crippen LogP contribution in [0.1, 0.15) is 12.8 Å². The molecule has 0 atom stereocenters. The predicted octanol–water partition coefficient (Wildman–Crippen LogP) is 2.44. The van der Waals surface area contributed by atoms with Gasteiger partial charge in [-0.2, -0.15) is 0 Å². The van der Waals surface area contributed by atoms with Crippen molar-refractivity contribution in [3.63, 3.8) is 0 Å². The maximum absolute atomic E-state index is 12.9. The van der Waals surface area contributed by atoms with Crippen molar-refractivity contribution in [2.75, 3.05) is 6.54 Å². The first-order valence-corrected chi connectivity index (χ1v) is 6.32. The normalized spacial score (nSPS) is 14.9. The summed E-state index contributed by atoms with van der Waals surface area (Å²) in [6.45, 7) is 1.85. The standard InChI is InChI=1S/C14H16FN3/c15-12-3-1-11(2-4-12)14-9-16-10-18(14)8-7-17-13-5-6-13/h1-4,9-10,13,17H,5-8H2. The molecule has 18 heavy (non-hydrogen) atoms. The molecule has 3 nitrogen and oxygen atoms in total. The minimum absolute atomic E-state index is 0.208. The smallest absolute Gasteiger partial charge is 0.123 e. The summed E-state index contributed by atoms with van der Waals surface area (Å²) in [7, 11) is 0. The van der Waals surface area contributed by atoms with Crippen LogP contribution in [-0.2, 0) is 6.54 Å². The summed E-state index contributed by atoms with van der Waals surface area (Å²) in [5.41, 5.74) is 2.04. The van der Waals surface area contributed by atoms with E-state index < -0.39 is 0 Å². The first-order valence-electron chi connectivity index (χ1n) is 6.32. The zero-order valence-corrected chi connectivity index (χ0v) is 10.1. The molecular weight excluding hydrogens is 229 g/mol. The lowest BCUT2D eigenvalue weighted by Crippen LogP contribution is -2.21. The van der Waals surface area contributed by atoms with E-state index in [1.54, 1.807) is 12.1 Å². The van der Waals surface area contributed by atoms with E-state index in [1.165, 1.54) is 25.0 Å². The second kappa shape index (κ2) is 4.90. The molecule has 0 amide bonds. The number of hydrogen-bond acceptors (Lipinski definition) is 2. The topological polar surface area (TPSA) is 29.9 Å². The first kappa shape index (κ1) is 11.4. The van der Waals surface area contributed by atoms with Gasteiger partial charge in [0.2, 0.25) is 0 Å². The largest absolute Gasteiger partial charge is 0.329 e. The zero-order chi connectivity index (χ0) is 12.4. The summed E-state index contributed by atoms with van der Waals surface area (Å²) < 4.78 is 15.0. The lowest BCUT2D eigenvalue weighted by molar-refractivity contribution is 0.597. The molecule has 4 heteroatoms. The molecule has 1 aliphatic rings. The van der Waals surface area contributed by atoms with Crippen LogP contribution in [0.15, 0.2) is 36.8 Å². The highest BCUT2D eigenvalue weighted by molar-refractivity contribution is 5.58. The van der Waals surface area contributed by atoms with Crippen LogP contribution in [0.5, 0.6) is 0 Å². The SMILES string of the molecule is Fc1ccc(-c2cncn2CCNC2CC2)cc1. The quantitative estimate of drug-likeness (QED) is 0.876. The van der Waals surface area contributed by atoms with Crippen molar-refractivity contribution in [3.8, 4) is 11.3 Å². The second-order valence-corrected chi connectivity index (χ2v) is 4.71. The van der Waals surface area contributed by atoms with Gasteiger partial charge < -0.3 is 9.88 Å². The Balaban J connectivity index is 1.71. The van der Waals surface area contributed by atoms with E-state index in [0.29, 0.717) is 0 Å². The summed E-state index contributed by atoms with van der Waals surface area (Å²) in [6, 6.07) is 7.27. The van der Waals surface area contributed by atoms with Gasteiger partial charge in [0.25, 0.3) is 0 Å². The molecule has 0 saturated heterocycles. The number of halogens is 1. The van der Waals surface area contributed by atoms with Gasteiger partial charge in [-0.25, -0.2) is 9.37 Å². The lowest BCUT2D eigenvalue weighted by Gasteiger charge is -2.08. The maximum Gasteiger partial charge on any atom is 0.123 e. The van der Waals surface area contributed by atoms with Crippen molar-refractivity contribution in [2.45, 2.75) is 25.4 Å². The molecule has 2 aromatic rings. The molecule has 1 aromatic heterocycles. The highest BCUT2D eigenvalue weighted by atomic mass is 19.1. The number of hydrogen-bond donors (Lipinski definition) is 1. The van der Waals surface area contributed by atoms with Gasteiger partial charge in [-0.15, -0.1) is 0 Å². The van der Waals surface area contributed by atoms with Gasteiger partial charge >= 0.3 is 0 Å². The number of nitrogens with one attached hydrogen (secondary N) is 1. The van der Waals surface area contributed by atoms with Crippen LogP contribution in [-0.4, -0.2) is 22.1 Å². The number of imidazole rings is 1. The van der Waals surface area contributed by atoms with E-state index in [4.69, 9.17) is 0 Å². The average Bonchev–Trinajstić information content (AvgIpc) is 3.08. The first-order chi connectivity index (χ1) is 8.83. The molecule has 1 saturated carbocycles. The summed E-state index contributed by atoms with van der Waals surface area (Å²) in [4.78, 5) is 4.18. The number of aromatic nitrogens is 2. The van der Waals surface area contributed by atoms with Crippen LogP contribution in [0.4, 0.5) is 4.39 Å². The van der Waals surface area contributed by atoms with Crippen molar-refractivity contribution >= 4 is 0 Å². The molecule has 0 spiro atoms. The fourth-order valence-electron chi connectivity index (χ4n) is 2.04. The van der Waals surface area contributed by atoms with Crippen molar-refractivity contribution in [1.82, 2.24) is 14.9 Å². The fraction of sp³-hybridized carbons (Fsp3) is 0.357. The minimum Gasteiger partial charge on any atom is -0.329 e. The summed E-state index contributed by atoms with van der Waals surface area (Å²) in [6.07, 6.45) is 6.25. The van der Waals surface area contributed by atoms with Gasteiger partial charge in [0.1, 0.15) is 5.82 Å². The van der Waals surface area contributed by atoms with Crippen LogP contribution in [0.25, 0.3) is 11.3 Å². The molecule has 1 heterocycles. The highest BCUT2D eigenvalue weighted by Gasteiger charge is 2.19. The van der Waals surface area contributed by atoms with Crippen LogP contribution < -0.4 is 5.32 Å². The molecule has 1 aromatic carbocycles. The lowest BCUT2D eigenvalue weighted by atomic mass is 10.1. The molecular formula is C14H16FN3. The Morgan fingerprint density at radius 3 is 2.78 bits per heavy atom. The number of rotatable bonds is 5. The van der Waals surface area contributed by atoms with Crippen molar-refractivity contribution in [2.24, 2.45) is 0 Å². The van der Waals surface area contributed by atoms with Crippen molar-refractivity contribution in [1.29, 1.82) is 0 Å². The molecule has 1 aliphatic carbocycles. The summed E-state index contributed by atoms with van der Waals surface area (Å²) in [5.74, 6) is -0.208. The molecule has 0 radical (unpaired) electrons. The molecule has 1 N–H and O–H groups in total. The van der Waals surface area contributed by atoms with E-state index in [2.05, 4.69) is 14.9 Å². The Hall–Kier alpha value is -1.68. The molecule has 3 rings (SSSR count). The summed E-state index contributed by atoms with van der Waals surface area (Å²) in [5, 5.41) is 3.47. The van der Waals surface area contributed by atoms with Gasteiger partial charge in [0.15, 0.2) is 0 Å². The highest BCUT2D eigenvalue weighted by Crippen LogP contribution is 2.20. The average molecular weight is 245 g/mol. The Morgan fingerprint density at radius 1 is 1.28 bits per heavy atom. The third-order valence-electron chi connectivity index (χ3n) is 3.22. The van der Waals surface area contributed by atoms with E-state index in [1.807, 2.05) is 12.5 Å². The zero-order valence-electron chi connectivity index (χ0n) is 10.1. The van der Waals surface area contributed by atoms with Gasteiger partial charge in [-0.3, -0.25) is 0 Å². The van der Waals surface area contributed by atoms with Crippen LogP contribution >= 0.6 is 0 Å². The predicted molar refractivity (Wildman–Crippen MR) is 68.6 cm³/mol. The molecule has 0 aliphatic heterocycles.